The first-order valence-electron chi connectivity index (χ1n) is 10.7. The molecule has 0 radical (unpaired) electrons. The van der Waals surface area contributed by atoms with Crippen LogP contribution in [0.5, 0.6) is 0 Å². The smallest absolute Gasteiger partial charge is 0.180 e. The van der Waals surface area contributed by atoms with Gasteiger partial charge in [-0.2, -0.15) is 0 Å². The van der Waals surface area contributed by atoms with Gasteiger partial charge in [-0.05, 0) is 30.3 Å². The highest BCUT2D eigenvalue weighted by Gasteiger charge is 2.23. The summed E-state index contributed by atoms with van der Waals surface area (Å²) in [7, 11) is 0. The van der Waals surface area contributed by atoms with E-state index in [0.717, 1.165) is 54.5 Å². The maximum absolute atomic E-state index is 4.82. The van der Waals surface area contributed by atoms with Crippen molar-refractivity contribution in [1.29, 1.82) is 0 Å². The second-order valence-corrected chi connectivity index (χ2v) is 7.54. The van der Waals surface area contributed by atoms with Crippen LogP contribution in [0.15, 0.2) is 79.5 Å². The van der Waals surface area contributed by atoms with Crippen molar-refractivity contribution in [3.63, 3.8) is 0 Å². The van der Waals surface area contributed by atoms with E-state index in [9.17, 15) is 0 Å². The average molecular weight is 425 g/mol. The summed E-state index contributed by atoms with van der Waals surface area (Å²) < 4.78 is 0. The summed E-state index contributed by atoms with van der Waals surface area (Å²) in [6.07, 6.45) is 8.96. The molecule has 8 nitrogen and oxygen atoms in total. The Morgan fingerprint density at radius 2 is 1.69 bits per heavy atom. The molecule has 0 aliphatic carbocycles. The molecule has 32 heavy (non-hydrogen) atoms. The van der Waals surface area contributed by atoms with Crippen LogP contribution in [0.2, 0.25) is 0 Å². The van der Waals surface area contributed by atoms with Gasteiger partial charge in [0, 0.05) is 74.4 Å². The highest BCUT2D eigenvalue weighted by atomic mass is 15.3. The molecule has 5 rings (SSSR count). The third kappa shape index (κ3) is 4.61. The number of hydrogen-bond donors (Lipinski definition) is 2. The zero-order chi connectivity index (χ0) is 21.6. The van der Waals surface area contributed by atoms with Crippen molar-refractivity contribution in [1.82, 2.24) is 35.1 Å². The molecule has 0 aromatic carbocycles. The lowest BCUT2D eigenvalue weighted by atomic mass is 10.1. The molecule has 0 saturated carbocycles. The summed E-state index contributed by atoms with van der Waals surface area (Å²) in [4.78, 5) is 25.1. The largest absolute Gasteiger partial charge is 0.350 e. The Bertz CT molecular complexity index is 1070. The van der Waals surface area contributed by atoms with Gasteiger partial charge in [0.15, 0.2) is 5.82 Å². The molecule has 0 bridgehead atoms. The number of hydrogen-bond acceptors (Lipinski definition) is 8. The molecule has 1 fully saturated rings. The maximum Gasteiger partial charge on any atom is 0.180 e. The fourth-order valence-corrected chi connectivity index (χ4v) is 3.80. The van der Waals surface area contributed by atoms with Crippen LogP contribution in [0.4, 0.5) is 5.82 Å². The Labute approximate surface area is 186 Å². The van der Waals surface area contributed by atoms with Gasteiger partial charge >= 0.3 is 0 Å². The van der Waals surface area contributed by atoms with Gasteiger partial charge in [-0.1, -0.05) is 12.1 Å². The van der Waals surface area contributed by atoms with Gasteiger partial charge in [-0.15, -0.1) is 0 Å². The van der Waals surface area contributed by atoms with Crippen molar-refractivity contribution in [2.75, 3.05) is 31.5 Å². The van der Waals surface area contributed by atoms with Crippen molar-refractivity contribution in [2.45, 2.75) is 6.17 Å². The number of rotatable bonds is 6. The zero-order valence-corrected chi connectivity index (χ0v) is 17.6. The lowest BCUT2D eigenvalue weighted by molar-refractivity contribution is 0.190. The Kier molecular flexibility index (Phi) is 6.04. The minimum Gasteiger partial charge on any atom is -0.350 e. The average Bonchev–Trinajstić information content (AvgIpc) is 2.89. The third-order valence-corrected chi connectivity index (χ3v) is 5.38. The fourth-order valence-electron chi connectivity index (χ4n) is 3.80. The molecule has 4 aromatic rings. The monoisotopic (exact) mass is 424 g/mol. The van der Waals surface area contributed by atoms with Crippen molar-refractivity contribution >= 4 is 5.82 Å². The Hall–Kier alpha value is -3.75. The van der Waals surface area contributed by atoms with Crippen LogP contribution in [0.3, 0.4) is 0 Å². The van der Waals surface area contributed by atoms with E-state index < -0.39 is 0 Å². The normalized spacial score (nSPS) is 15.2. The molecule has 5 heterocycles. The van der Waals surface area contributed by atoms with Gasteiger partial charge in [-0.25, -0.2) is 9.97 Å². The molecular weight excluding hydrogens is 400 g/mol. The van der Waals surface area contributed by atoms with Gasteiger partial charge in [0.25, 0.3) is 0 Å². The molecule has 0 amide bonds. The predicted molar refractivity (Wildman–Crippen MR) is 124 cm³/mol. The SMILES string of the molecule is c1ccc(-c2nc(NC(c3cccnc3)N3CCNCC3)cc(-c3cccnc3)n2)nc1. The van der Waals surface area contributed by atoms with Crippen LogP contribution < -0.4 is 10.6 Å². The van der Waals surface area contributed by atoms with E-state index in [4.69, 9.17) is 9.97 Å². The standard InChI is InChI=1S/C24H24N8/c1-2-10-28-20(7-1)23-29-21(18-5-3-8-26-16-18)15-22(30-23)31-24(19-6-4-9-27-17-19)32-13-11-25-12-14-32/h1-10,15-17,24-25H,11-14H2,(H,29,30,31). The van der Waals surface area contributed by atoms with Crippen LogP contribution in [0.1, 0.15) is 11.7 Å². The quantitative estimate of drug-likeness (QED) is 0.488. The summed E-state index contributed by atoms with van der Waals surface area (Å²) >= 11 is 0. The first kappa shape index (κ1) is 20.2. The number of piperazine rings is 1. The van der Waals surface area contributed by atoms with Gasteiger partial charge in [0.1, 0.15) is 17.7 Å². The summed E-state index contributed by atoms with van der Waals surface area (Å²) in [6.45, 7) is 3.76. The maximum atomic E-state index is 4.82. The van der Waals surface area contributed by atoms with Gasteiger partial charge in [0.2, 0.25) is 0 Å². The highest BCUT2D eigenvalue weighted by molar-refractivity contribution is 5.65. The molecule has 4 aromatic heterocycles. The van der Waals surface area contributed by atoms with E-state index >= 15 is 0 Å². The van der Waals surface area contributed by atoms with Crippen LogP contribution in [0, 0.1) is 0 Å². The molecule has 160 valence electrons. The fraction of sp³-hybridized carbons (Fsp3) is 0.208. The molecule has 1 aliphatic heterocycles. The van der Waals surface area contributed by atoms with Gasteiger partial charge in [0.05, 0.1) is 5.69 Å². The molecule has 1 atom stereocenters. The summed E-state index contributed by atoms with van der Waals surface area (Å²) in [5.41, 5.74) is 3.54. The number of anilines is 1. The third-order valence-electron chi connectivity index (χ3n) is 5.38. The van der Waals surface area contributed by atoms with E-state index in [-0.39, 0.29) is 6.17 Å². The lowest BCUT2D eigenvalue weighted by Crippen LogP contribution is -2.47. The Balaban J connectivity index is 1.56. The first-order chi connectivity index (χ1) is 15.9. The van der Waals surface area contributed by atoms with Crippen molar-refractivity contribution in [3.05, 3.63) is 85.1 Å². The van der Waals surface area contributed by atoms with Crippen molar-refractivity contribution in [3.8, 4) is 22.8 Å². The van der Waals surface area contributed by atoms with E-state index in [1.807, 2.05) is 54.9 Å². The molecule has 0 spiro atoms. The number of aromatic nitrogens is 5. The Morgan fingerprint density at radius 1 is 0.844 bits per heavy atom. The molecule has 2 N–H and O–H groups in total. The molecule has 1 saturated heterocycles. The van der Waals surface area contributed by atoms with Crippen molar-refractivity contribution in [2.24, 2.45) is 0 Å². The Morgan fingerprint density at radius 3 is 2.41 bits per heavy atom. The number of nitrogens with zero attached hydrogens (tertiary/aromatic N) is 6. The zero-order valence-electron chi connectivity index (χ0n) is 17.6. The predicted octanol–water partition coefficient (Wildman–Crippen LogP) is 3.01. The highest BCUT2D eigenvalue weighted by Crippen LogP contribution is 2.27. The van der Waals surface area contributed by atoms with E-state index in [0.29, 0.717) is 5.82 Å². The molecule has 1 unspecified atom stereocenters. The molecule has 8 heteroatoms. The second-order valence-electron chi connectivity index (χ2n) is 7.54. The van der Waals surface area contributed by atoms with Crippen LogP contribution >= 0.6 is 0 Å². The van der Waals surface area contributed by atoms with Gasteiger partial charge < -0.3 is 10.6 Å². The van der Waals surface area contributed by atoms with E-state index in [1.165, 1.54) is 0 Å². The summed E-state index contributed by atoms with van der Waals surface area (Å²) in [6, 6.07) is 15.7. The second kappa shape index (κ2) is 9.59. The minimum absolute atomic E-state index is 0.0565. The van der Waals surface area contributed by atoms with E-state index in [1.54, 1.807) is 18.6 Å². The summed E-state index contributed by atoms with van der Waals surface area (Å²) in [5.74, 6) is 1.30. The van der Waals surface area contributed by atoms with Crippen LogP contribution in [0.25, 0.3) is 22.8 Å². The number of pyridine rings is 3. The van der Waals surface area contributed by atoms with Crippen LogP contribution in [-0.2, 0) is 0 Å². The summed E-state index contributed by atoms with van der Waals surface area (Å²) in [5, 5.41) is 7.06. The number of nitrogens with one attached hydrogen (secondary N) is 2. The molecular formula is C24H24N8. The molecule has 1 aliphatic rings. The topological polar surface area (TPSA) is 91.8 Å². The lowest BCUT2D eigenvalue weighted by Gasteiger charge is -2.35. The first-order valence-corrected chi connectivity index (χ1v) is 10.7. The minimum atomic E-state index is -0.0565. The van der Waals surface area contributed by atoms with Crippen LogP contribution in [-0.4, -0.2) is 56.0 Å². The van der Waals surface area contributed by atoms with Crippen molar-refractivity contribution < 1.29 is 0 Å². The van der Waals surface area contributed by atoms with E-state index in [2.05, 4.69) is 36.6 Å². The van der Waals surface area contributed by atoms with Gasteiger partial charge in [-0.3, -0.25) is 19.9 Å².